The van der Waals surface area contributed by atoms with Crippen molar-refractivity contribution in [3.8, 4) is 0 Å². The highest BCUT2D eigenvalue weighted by molar-refractivity contribution is 7.13. The van der Waals surface area contributed by atoms with Crippen molar-refractivity contribution in [2.75, 3.05) is 0 Å². The van der Waals surface area contributed by atoms with E-state index in [1.165, 1.54) is 17.4 Å². The molecule has 0 fully saturated rings. The van der Waals surface area contributed by atoms with Gasteiger partial charge >= 0.3 is 6.09 Å². The molecule has 0 radical (unpaired) electrons. The molecule has 1 aromatic rings. The fourth-order valence-electron chi connectivity index (χ4n) is 1.37. The summed E-state index contributed by atoms with van der Waals surface area (Å²) in [6.45, 7) is 0.141. The topological polar surface area (TPSA) is 83.5 Å². The van der Waals surface area contributed by atoms with Crippen LogP contribution in [0.5, 0.6) is 0 Å². The Labute approximate surface area is 94.4 Å². The first-order chi connectivity index (χ1) is 7.58. The minimum atomic E-state index is -1.12. The van der Waals surface area contributed by atoms with E-state index in [0.717, 1.165) is 0 Å². The van der Waals surface area contributed by atoms with E-state index in [4.69, 9.17) is 5.11 Å². The lowest BCUT2D eigenvalue weighted by molar-refractivity contribution is -0.110. The first-order valence-corrected chi connectivity index (χ1v) is 5.26. The van der Waals surface area contributed by atoms with Gasteiger partial charge in [0.05, 0.1) is 6.54 Å². The zero-order chi connectivity index (χ0) is 11.7. The molecule has 16 heavy (non-hydrogen) atoms. The van der Waals surface area contributed by atoms with Gasteiger partial charge in [-0.1, -0.05) is 0 Å². The van der Waals surface area contributed by atoms with E-state index >= 15 is 0 Å². The molecule has 0 spiro atoms. The highest BCUT2D eigenvalue weighted by Gasteiger charge is 2.23. The van der Waals surface area contributed by atoms with Crippen molar-refractivity contribution >= 4 is 35.1 Å². The maximum atomic E-state index is 11.4. The van der Waals surface area contributed by atoms with E-state index < -0.39 is 17.7 Å². The monoisotopic (exact) mass is 237 g/mol. The Bertz CT molecular complexity index is 515. The van der Waals surface area contributed by atoms with Gasteiger partial charge < -0.3 is 10.4 Å². The summed E-state index contributed by atoms with van der Waals surface area (Å²) in [5, 5.41) is 10.6. The van der Waals surface area contributed by atoms with E-state index in [0.29, 0.717) is 15.3 Å². The normalized spacial score (nSPS) is 13.8. The number of carbonyl (C=O) groups is 3. The maximum Gasteiger partial charge on any atom is 0.404 e. The second-order valence-corrected chi connectivity index (χ2v) is 4.34. The van der Waals surface area contributed by atoms with Crippen molar-refractivity contribution < 1.29 is 19.5 Å². The van der Waals surface area contributed by atoms with Crippen molar-refractivity contribution in [3.05, 3.63) is 27.5 Å². The van der Waals surface area contributed by atoms with E-state index in [-0.39, 0.29) is 6.54 Å². The predicted molar refractivity (Wildman–Crippen MR) is 57.6 cm³/mol. The number of nitrogens with one attached hydrogen (secondary N) is 1. The van der Waals surface area contributed by atoms with Crippen LogP contribution < -0.4 is 5.32 Å². The Hall–Kier alpha value is -1.95. The summed E-state index contributed by atoms with van der Waals surface area (Å²) >= 11 is 1.30. The molecule has 2 N–H and O–H groups in total. The highest BCUT2D eigenvalue weighted by atomic mass is 32.1. The third-order valence-electron chi connectivity index (χ3n) is 2.08. The van der Waals surface area contributed by atoms with E-state index in [1.807, 2.05) is 0 Å². The Balaban J connectivity index is 2.25. The van der Waals surface area contributed by atoms with Crippen LogP contribution in [0.2, 0.25) is 0 Å². The van der Waals surface area contributed by atoms with Crippen LogP contribution in [0.15, 0.2) is 12.1 Å². The molecule has 0 bridgehead atoms. The Morgan fingerprint density at radius 1 is 1.38 bits per heavy atom. The summed E-state index contributed by atoms with van der Waals surface area (Å²) in [7, 11) is 0. The number of ketones is 2. The molecule has 2 rings (SSSR count). The molecule has 82 valence electrons. The van der Waals surface area contributed by atoms with Crippen molar-refractivity contribution in [1.82, 2.24) is 5.32 Å². The summed E-state index contributed by atoms with van der Waals surface area (Å²) in [6, 6.07) is 1.56. The van der Waals surface area contributed by atoms with Crippen molar-refractivity contribution in [1.29, 1.82) is 0 Å². The van der Waals surface area contributed by atoms with Crippen LogP contribution in [0.1, 0.15) is 20.1 Å². The number of allylic oxidation sites excluding steroid dienone is 1. The third kappa shape index (κ3) is 1.87. The van der Waals surface area contributed by atoms with Crippen LogP contribution in [0.3, 0.4) is 0 Å². The molecule has 0 atom stereocenters. The summed E-state index contributed by atoms with van der Waals surface area (Å²) in [5.74, 6) is -1.07. The van der Waals surface area contributed by atoms with Gasteiger partial charge in [-0.05, 0) is 18.2 Å². The van der Waals surface area contributed by atoms with Gasteiger partial charge in [-0.2, -0.15) is 0 Å². The standard InChI is InChI=1S/C10H7NO4S/c12-7-1-2-8-6(9(7)13)3-5(16-8)4-11-10(14)15/h1-3,11H,4H2,(H,14,15). The Morgan fingerprint density at radius 2 is 2.12 bits per heavy atom. The van der Waals surface area contributed by atoms with E-state index in [9.17, 15) is 14.4 Å². The Morgan fingerprint density at radius 3 is 2.81 bits per heavy atom. The van der Waals surface area contributed by atoms with Crippen LogP contribution in [0, 0.1) is 0 Å². The number of carboxylic acid groups (broad SMARTS) is 1. The van der Waals surface area contributed by atoms with Crippen LogP contribution in [-0.2, 0) is 11.3 Å². The van der Waals surface area contributed by atoms with Gasteiger partial charge in [-0.25, -0.2) is 4.79 Å². The zero-order valence-corrected chi connectivity index (χ0v) is 8.84. The largest absolute Gasteiger partial charge is 0.465 e. The molecule has 0 unspecified atom stereocenters. The molecule has 1 heterocycles. The molecule has 0 aromatic carbocycles. The van der Waals surface area contributed by atoms with Gasteiger partial charge in [0, 0.05) is 15.3 Å². The first-order valence-electron chi connectivity index (χ1n) is 4.44. The van der Waals surface area contributed by atoms with Crippen molar-refractivity contribution in [2.45, 2.75) is 6.54 Å². The number of thiophene rings is 1. The van der Waals surface area contributed by atoms with Gasteiger partial charge in [-0.15, -0.1) is 11.3 Å². The van der Waals surface area contributed by atoms with Gasteiger partial charge in [0.15, 0.2) is 0 Å². The third-order valence-corrected chi connectivity index (χ3v) is 3.18. The molecule has 6 heteroatoms. The fraction of sp³-hybridized carbons (Fsp3) is 0.100. The predicted octanol–water partition coefficient (Wildman–Crippen LogP) is 1.29. The number of hydrogen-bond donors (Lipinski definition) is 2. The summed E-state index contributed by atoms with van der Waals surface area (Å²) in [4.78, 5) is 34.2. The molecular formula is C10H7NO4S. The number of amides is 1. The van der Waals surface area contributed by atoms with Gasteiger partial charge in [0.1, 0.15) is 0 Å². The van der Waals surface area contributed by atoms with E-state index in [1.54, 1.807) is 12.1 Å². The molecule has 1 amide bonds. The van der Waals surface area contributed by atoms with E-state index in [2.05, 4.69) is 5.32 Å². The molecular weight excluding hydrogens is 230 g/mol. The summed E-state index contributed by atoms with van der Waals surface area (Å²) in [6.07, 6.45) is 1.69. The Kier molecular flexibility index (Phi) is 2.57. The lowest BCUT2D eigenvalue weighted by Gasteiger charge is -1.99. The molecule has 5 nitrogen and oxygen atoms in total. The van der Waals surface area contributed by atoms with Crippen molar-refractivity contribution in [3.63, 3.8) is 0 Å². The molecule has 1 aromatic heterocycles. The number of carbonyl (C=O) groups excluding carboxylic acids is 2. The average molecular weight is 237 g/mol. The lowest BCUT2D eigenvalue weighted by Crippen LogP contribution is -2.19. The number of Topliss-reactive ketones (excluding diaryl/α,β-unsaturated/α-hetero) is 1. The maximum absolute atomic E-state index is 11.4. The second-order valence-electron chi connectivity index (χ2n) is 3.18. The molecule has 0 saturated carbocycles. The highest BCUT2D eigenvalue weighted by Crippen LogP contribution is 2.27. The quantitative estimate of drug-likeness (QED) is 0.759. The second kappa shape index (κ2) is 3.90. The van der Waals surface area contributed by atoms with Gasteiger partial charge in [0.25, 0.3) is 0 Å². The van der Waals surface area contributed by atoms with Gasteiger partial charge in [-0.3, -0.25) is 9.59 Å². The minimum absolute atomic E-state index is 0.141. The smallest absolute Gasteiger partial charge is 0.404 e. The fourth-order valence-corrected chi connectivity index (χ4v) is 2.37. The SMILES string of the molecule is O=C(O)NCc1cc2c(s1)C=CC(=O)C2=O. The lowest BCUT2D eigenvalue weighted by atomic mass is 10.0. The first kappa shape index (κ1) is 10.6. The average Bonchev–Trinajstić information content (AvgIpc) is 2.64. The summed E-state index contributed by atoms with van der Waals surface area (Å²) in [5.41, 5.74) is 0.361. The summed E-state index contributed by atoms with van der Waals surface area (Å²) < 4.78 is 0. The molecule has 1 aliphatic carbocycles. The minimum Gasteiger partial charge on any atom is -0.465 e. The van der Waals surface area contributed by atoms with Crippen LogP contribution in [-0.4, -0.2) is 22.8 Å². The van der Waals surface area contributed by atoms with Crippen LogP contribution in [0.25, 0.3) is 6.08 Å². The zero-order valence-electron chi connectivity index (χ0n) is 8.02. The number of fused-ring (bicyclic) bond motifs is 1. The van der Waals surface area contributed by atoms with Gasteiger partial charge in [0.2, 0.25) is 11.6 Å². The molecule has 1 aliphatic rings. The van der Waals surface area contributed by atoms with Crippen LogP contribution in [0.4, 0.5) is 4.79 Å². The molecule has 0 saturated heterocycles. The number of rotatable bonds is 2. The van der Waals surface area contributed by atoms with Crippen molar-refractivity contribution in [2.24, 2.45) is 0 Å². The number of hydrogen-bond acceptors (Lipinski definition) is 4. The van der Waals surface area contributed by atoms with Crippen LogP contribution >= 0.6 is 11.3 Å². The molecule has 0 aliphatic heterocycles.